The van der Waals surface area contributed by atoms with Gasteiger partial charge >= 0.3 is 0 Å². The first-order chi connectivity index (χ1) is 21.4. The summed E-state index contributed by atoms with van der Waals surface area (Å²) in [6.45, 7) is 6.06. The summed E-state index contributed by atoms with van der Waals surface area (Å²) in [5, 5.41) is 18.2. The summed E-state index contributed by atoms with van der Waals surface area (Å²) in [5.41, 5.74) is 6.08. The molecule has 2 aromatic carbocycles. The largest absolute Gasteiger partial charge is 0.395 e. The second-order valence-corrected chi connectivity index (χ2v) is 11.3. The molecule has 0 unspecified atom stereocenters. The van der Waals surface area contributed by atoms with E-state index in [1.54, 1.807) is 30.6 Å². The molecule has 4 aromatic rings. The van der Waals surface area contributed by atoms with Gasteiger partial charge in [0.2, 0.25) is 0 Å². The van der Waals surface area contributed by atoms with Crippen LogP contribution < -0.4 is 16.0 Å². The molecule has 4 N–H and O–H groups in total. The molecule has 0 spiro atoms. The number of aliphatic hydroxyl groups is 1. The molecule has 5 rings (SSSR count). The molecule has 228 valence electrons. The smallest absolute Gasteiger partial charge is 0.274 e. The van der Waals surface area contributed by atoms with Gasteiger partial charge in [0.25, 0.3) is 11.8 Å². The molecule has 1 aliphatic heterocycles. The summed E-state index contributed by atoms with van der Waals surface area (Å²) in [7, 11) is 0. The van der Waals surface area contributed by atoms with E-state index >= 15 is 0 Å². The van der Waals surface area contributed by atoms with E-state index < -0.39 is 0 Å². The lowest BCUT2D eigenvalue weighted by Crippen LogP contribution is -2.29. The highest BCUT2D eigenvalue weighted by Gasteiger charge is 2.17. The number of aliphatic hydroxyl groups excluding tert-OH is 1. The molecule has 3 heterocycles. The van der Waals surface area contributed by atoms with Gasteiger partial charge in [-0.05, 0) is 79.4 Å². The maximum atomic E-state index is 13.1. The lowest BCUT2D eigenvalue weighted by atomic mass is 9.98. The molecular weight excluding hydrogens is 576 g/mol. The molecule has 1 saturated heterocycles. The van der Waals surface area contributed by atoms with E-state index in [2.05, 4.69) is 30.8 Å². The van der Waals surface area contributed by atoms with Crippen LogP contribution >= 0.6 is 11.6 Å². The van der Waals surface area contributed by atoms with Gasteiger partial charge in [0.1, 0.15) is 11.4 Å². The van der Waals surface area contributed by atoms with Crippen LogP contribution in [0, 0.1) is 6.92 Å². The molecule has 0 bridgehead atoms. The SMILES string of the molecule is Cc1c(NC(=O)c2ccc(CN3CCCCC3)cn2)cccc1-c1cccc(NC(=O)c2ccc(CNCCO)cn2)c1Cl. The summed E-state index contributed by atoms with van der Waals surface area (Å²) >= 11 is 6.82. The third-order valence-electron chi connectivity index (χ3n) is 7.71. The lowest BCUT2D eigenvalue weighted by molar-refractivity contribution is 0.101. The van der Waals surface area contributed by atoms with Crippen LogP contribution in [0.4, 0.5) is 11.4 Å². The Morgan fingerprint density at radius 3 is 2.07 bits per heavy atom. The number of pyridine rings is 2. The van der Waals surface area contributed by atoms with Crippen LogP contribution in [0.5, 0.6) is 0 Å². The van der Waals surface area contributed by atoms with Crippen molar-refractivity contribution in [2.45, 2.75) is 39.3 Å². The number of carbonyl (C=O) groups excluding carboxylic acids is 2. The van der Waals surface area contributed by atoms with Gasteiger partial charge in [-0.15, -0.1) is 0 Å². The molecule has 0 saturated carbocycles. The van der Waals surface area contributed by atoms with Crippen LogP contribution in [0.15, 0.2) is 73.1 Å². The van der Waals surface area contributed by atoms with E-state index in [4.69, 9.17) is 16.7 Å². The number of hydrogen-bond acceptors (Lipinski definition) is 7. The zero-order chi connectivity index (χ0) is 30.9. The fourth-order valence-electron chi connectivity index (χ4n) is 5.28. The Labute approximate surface area is 262 Å². The normalized spacial score (nSPS) is 13.4. The first-order valence-corrected chi connectivity index (χ1v) is 15.3. The van der Waals surface area contributed by atoms with Crippen molar-refractivity contribution in [3.63, 3.8) is 0 Å². The van der Waals surface area contributed by atoms with Crippen molar-refractivity contribution in [2.75, 3.05) is 36.9 Å². The lowest BCUT2D eigenvalue weighted by Gasteiger charge is -2.26. The van der Waals surface area contributed by atoms with Crippen LogP contribution in [0.25, 0.3) is 11.1 Å². The Hall–Kier alpha value is -4.15. The van der Waals surface area contributed by atoms with Crippen LogP contribution in [0.1, 0.15) is 56.9 Å². The Kier molecular flexibility index (Phi) is 10.7. The van der Waals surface area contributed by atoms with Crippen molar-refractivity contribution in [3.8, 4) is 11.1 Å². The fraction of sp³-hybridized carbons (Fsp3) is 0.294. The predicted octanol–water partition coefficient (Wildman–Crippen LogP) is 5.68. The second-order valence-electron chi connectivity index (χ2n) is 10.9. The predicted molar refractivity (Wildman–Crippen MR) is 174 cm³/mol. The molecule has 9 nitrogen and oxygen atoms in total. The number of rotatable bonds is 11. The molecule has 2 amide bonds. The van der Waals surface area contributed by atoms with E-state index in [9.17, 15) is 9.59 Å². The van der Waals surface area contributed by atoms with Gasteiger partial charge in [0.15, 0.2) is 0 Å². The van der Waals surface area contributed by atoms with E-state index in [0.717, 1.165) is 47.5 Å². The van der Waals surface area contributed by atoms with Crippen LogP contribution in [0.2, 0.25) is 5.02 Å². The fourth-order valence-corrected chi connectivity index (χ4v) is 5.55. The van der Waals surface area contributed by atoms with Gasteiger partial charge in [-0.2, -0.15) is 0 Å². The molecule has 0 radical (unpaired) electrons. The summed E-state index contributed by atoms with van der Waals surface area (Å²) in [4.78, 5) is 37.2. The molecule has 0 aliphatic carbocycles. The summed E-state index contributed by atoms with van der Waals surface area (Å²) in [6.07, 6.45) is 7.16. The molecule has 0 atom stereocenters. The number of anilines is 2. The number of halogens is 1. The zero-order valence-corrected chi connectivity index (χ0v) is 25.5. The summed E-state index contributed by atoms with van der Waals surface area (Å²) in [6, 6.07) is 18.3. The van der Waals surface area contributed by atoms with Crippen molar-refractivity contribution in [3.05, 3.63) is 106 Å². The van der Waals surface area contributed by atoms with Gasteiger partial charge in [-0.3, -0.25) is 24.5 Å². The van der Waals surface area contributed by atoms with Gasteiger partial charge in [0, 0.05) is 43.3 Å². The standard InChI is InChI=1S/C34H37ClN6O3/c1-23-26(7-5-9-28(23)39-33(43)31-14-12-25(21-38-31)22-41-16-3-2-4-17-41)27-8-6-10-29(32(27)35)40-34(44)30-13-11-24(20-37-30)19-36-15-18-42/h5-14,20-21,36,42H,2-4,15-19,22H2,1H3,(H,39,43)(H,40,44). The average Bonchev–Trinajstić information content (AvgIpc) is 3.04. The minimum atomic E-state index is -0.383. The molecule has 1 aliphatic rings. The zero-order valence-electron chi connectivity index (χ0n) is 24.8. The van der Waals surface area contributed by atoms with E-state index in [0.29, 0.717) is 35.2 Å². The van der Waals surface area contributed by atoms with Crippen molar-refractivity contribution in [1.82, 2.24) is 20.2 Å². The highest BCUT2D eigenvalue weighted by Crippen LogP contribution is 2.37. The van der Waals surface area contributed by atoms with Crippen LogP contribution in [0.3, 0.4) is 0 Å². The third-order valence-corrected chi connectivity index (χ3v) is 8.11. The third kappa shape index (κ3) is 7.86. The van der Waals surface area contributed by atoms with Gasteiger partial charge < -0.3 is 21.1 Å². The highest BCUT2D eigenvalue weighted by molar-refractivity contribution is 6.36. The monoisotopic (exact) mass is 612 g/mol. The topological polar surface area (TPSA) is 119 Å². The van der Waals surface area contributed by atoms with Crippen LogP contribution in [-0.2, 0) is 13.1 Å². The number of aromatic nitrogens is 2. The van der Waals surface area contributed by atoms with E-state index in [1.165, 1.54) is 19.3 Å². The minimum Gasteiger partial charge on any atom is -0.395 e. The number of amides is 2. The highest BCUT2D eigenvalue weighted by atomic mass is 35.5. The summed E-state index contributed by atoms with van der Waals surface area (Å²) < 4.78 is 0. The van der Waals surface area contributed by atoms with Gasteiger partial charge in [-0.1, -0.05) is 54.4 Å². The van der Waals surface area contributed by atoms with Crippen molar-refractivity contribution >= 4 is 34.8 Å². The Morgan fingerprint density at radius 1 is 0.818 bits per heavy atom. The Bertz CT molecular complexity index is 1590. The Balaban J connectivity index is 1.26. The van der Waals surface area contributed by atoms with E-state index in [1.807, 2.05) is 49.4 Å². The Morgan fingerprint density at radius 2 is 1.43 bits per heavy atom. The number of hydrogen-bond donors (Lipinski definition) is 4. The number of piperidine rings is 1. The average molecular weight is 613 g/mol. The quantitative estimate of drug-likeness (QED) is 0.161. The molecule has 1 fully saturated rings. The minimum absolute atomic E-state index is 0.0528. The van der Waals surface area contributed by atoms with E-state index in [-0.39, 0.29) is 24.1 Å². The van der Waals surface area contributed by atoms with Crippen LogP contribution in [-0.4, -0.2) is 58.0 Å². The van der Waals surface area contributed by atoms with Crippen molar-refractivity contribution < 1.29 is 14.7 Å². The number of carbonyl (C=O) groups is 2. The van der Waals surface area contributed by atoms with Crippen molar-refractivity contribution in [2.24, 2.45) is 0 Å². The van der Waals surface area contributed by atoms with Gasteiger partial charge in [-0.25, -0.2) is 0 Å². The molecule has 10 heteroatoms. The molecule has 2 aromatic heterocycles. The summed E-state index contributed by atoms with van der Waals surface area (Å²) in [5.74, 6) is -0.671. The maximum absolute atomic E-state index is 13.1. The molecular formula is C34H37ClN6O3. The van der Waals surface area contributed by atoms with Crippen molar-refractivity contribution in [1.29, 1.82) is 0 Å². The first kappa shape index (κ1) is 31.3. The van der Waals surface area contributed by atoms with Gasteiger partial charge in [0.05, 0.1) is 17.3 Å². The number of likely N-dealkylation sites (tertiary alicyclic amines) is 1. The molecule has 44 heavy (non-hydrogen) atoms. The number of nitrogens with one attached hydrogen (secondary N) is 3. The first-order valence-electron chi connectivity index (χ1n) is 14.9. The number of nitrogens with zero attached hydrogens (tertiary/aromatic N) is 3. The number of benzene rings is 2. The second kappa shape index (κ2) is 15.0. The maximum Gasteiger partial charge on any atom is 0.274 e.